The molecule has 1 aromatic heterocycles. The van der Waals surface area contributed by atoms with Crippen molar-refractivity contribution >= 4 is 44.4 Å². The standard InChI is InChI=1S/C20H16BrN3O2S/c1-26-15-4-2-3-14(9-15)24-10-17(25)18(19(24)22)20-23-16(11-27-20)12-5-7-13(21)8-6-12/h2-9,11,22,25H,10H2,1H3. The maximum atomic E-state index is 10.5. The van der Waals surface area contributed by atoms with Crippen LogP contribution in [0.15, 0.2) is 64.1 Å². The second-order valence-corrected chi connectivity index (χ2v) is 7.78. The topological polar surface area (TPSA) is 69.4 Å². The molecule has 5 nitrogen and oxygen atoms in total. The fourth-order valence-corrected chi connectivity index (χ4v) is 4.10. The van der Waals surface area contributed by atoms with Gasteiger partial charge in [-0.05, 0) is 24.3 Å². The first kappa shape index (κ1) is 17.8. The Morgan fingerprint density at radius 1 is 1.22 bits per heavy atom. The van der Waals surface area contributed by atoms with Crippen molar-refractivity contribution in [2.75, 3.05) is 18.6 Å². The highest BCUT2D eigenvalue weighted by Gasteiger charge is 2.31. The van der Waals surface area contributed by atoms with E-state index in [1.165, 1.54) is 11.3 Å². The number of anilines is 1. The zero-order valence-corrected chi connectivity index (χ0v) is 16.8. The molecule has 0 unspecified atom stereocenters. The predicted octanol–water partition coefficient (Wildman–Crippen LogP) is 5.35. The smallest absolute Gasteiger partial charge is 0.139 e. The highest BCUT2D eigenvalue weighted by atomic mass is 79.9. The molecule has 2 heterocycles. The van der Waals surface area contributed by atoms with Crippen LogP contribution < -0.4 is 9.64 Å². The lowest BCUT2D eigenvalue weighted by atomic mass is 10.2. The second-order valence-electron chi connectivity index (χ2n) is 6.00. The van der Waals surface area contributed by atoms with Crippen LogP contribution in [0.5, 0.6) is 5.75 Å². The van der Waals surface area contributed by atoms with E-state index in [1.54, 1.807) is 12.0 Å². The summed E-state index contributed by atoms with van der Waals surface area (Å²) in [5.41, 5.74) is 3.10. The Kier molecular flexibility index (Phi) is 4.72. The minimum Gasteiger partial charge on any atom is -0.510 e. The van der Waals surface area contributed by atoms with Gasteiger partial charge in [0, 0.05) is 27.2 Å². The van der Waals surface area contributed by atoms with E-state index >= 15 is 0 Å². The maximum absolute atomic E-state index is 10.5. The van der Waals surface area contributed by atoms with Crippen LogP contribution in [0.4, 0.5) is 5.69 Å². The molecule has 2 N–H and O–H groups in total. The van der Waals surface area contributed by atoms with Crippen LogP contribution in [-0.2, 0) is 0 Å². The molecule has 0 atom stereocenters. The molecule has 0 saturated carbocycles. The summed E-state index contributed by atoms with van der Waals surface area (Å²) >= 11 is 4.86. The number of nitrogens with one attached hydrogen (secondary N) is 1. The van der Waals surface area contributed by atoms with Gasteiger partial charge in [-0.25, -0.2) is 4.98 Å². The largest absolute Gasteiger partial charge is 0.510 e. The molecule has 0 aliphatic carbocycles. The Bertz CT molecular complexity index is 1040. The van der Waals surface area contributed by atoms with Gasteiger partial charge in [0.15, 0.2) is 0 Å². The van der Waals surface area contributed by atoms with Gasteiger partial charge in [-0.15, -0.1) is 11.3 Å². The third-order valence-electron chi connectivity index (χ3n) is 4.33. The van der Waals surface area contributed by atoms with Crippen molar-refractivity contribution in [3.8, 4) is 17.0 Å². The van der Waals surface area contributed by atoms with E-state index in [0.29, 0.717) is 16.3 Å². The van der Waals surface area contributed by atoms with Crippen molar-refractivity contribution < 1.29 is 9.84 Å². The second kappa shape index (κ2) is 7.17. The molecule has 7 heteroatoms. The lowest BCUT2D eigenvalue weighted by Crippen LogP contribution is -2.25. The fourth-order valence-electron chi connectivity index (χ4n) is 2.94. The van der Waals surface area contributed by atoms with Crippen molar-refractivity contribution in [1.82, 2.24) is 4.98 Å². The van der Waals surface area contributed by atoms with Crippen LogP contribution in [0.3, 0.4) is 0 Å². The Morgan fingerprint density at radius 3 is 2.74 bits per heavy atom. The number of nitrogens with zero attached hydrogens (tertiary/aromatic N) is 2. The normalized spacial score (nSPS) is 14.1. The van der Waals surface area contributed by atoms with Gasteiger partial charge in [0.05, 0.1) is 24.9 Å². The van der Waals surface area contributed by atoms with Crippen molar-refractivity contribution in [1.29, 1.82) is 5.41 Å². The molecule has 2 aromatic carbocycles. The first-order chi connectivity index (χ1) is 13.1. The summed E-state index contributed by atoms with van der Waals surface area (Å²) in [7, 11) is 1.61. The molecular formula is C20H16BrN3O2S. The van der Waals surface area contributed by atoms with Gasteiger partial charge in [-0.1, -0.05) is 34.1 Å². The quantitative estimate of drug-likeness (QED) is 0.572. The number of thiazole rings is 1. The predicted molar refractivity (Wildman–Crippen MR) is 113 cm³/mol. The van der Waals surface area contributed by atoms with Crippen molar-refractivity contribution in [3.63, 3.8) is 0 Å². The molecule has 27 heavy (non-hydrogen) atoms. The third-order valence-corrected chi connectivity index (χ3v) is 5.71. The Labute approximate surface area is 169 Å². The molecular weight excluding hydrogens is 426 g/mol. The number of hydrogen-bond donors (Lipinski definition) is 2. The lowest BCUT2D eigenvalue weighted by molar-refractivity contribution is 0.410. The van der Waals surface area contributed by atoms with E-state index in [4.69, 9.17) is 10.1 Å². The average Bonchev–Trinajstić information content (AvgIpc) is 3.27. The van der Waals surface area contributed by atoms with E-state index in [1.807, 2.05) is 53.9 Å². The number of rotatable bonds is 4. The highest BCUT2D eigenvalue weighted by Crippen LogP contribution is 2.35. The summed E-state index contributed by atoms with van der Waals surface area (Å²) in [6.07, 6.45) is 0. The number of methoxy groups -OCH3 is 1. The SMILES string of the molecule is COc1cccc(N2CC(O)=C(c3nc(-c4ccc(Br)cc4)cs3)C2=N)c1. The highest BCUT2D eigenvalue weighted by molar-refractivity contribution is 9.10. The number of ether oxygens (including phenoxy) is 1. The Balaban J connectivity index is 1.63. The van der Waals surface area contributed by atoms with E-state index < -0.39 is 0 Å². The van der Waals surface area contributed by atoms with Gasteiger partial charge < -0.3 is 14.7 Å². The van der Waals surface area contributed by atoms with Gasteiger partial charge in [0.25, 0.3) is 0 Å². The van der Waals surface area contributed by atoms with Crippen LogP contribution in [0.25, 0.3) is 16.8 Å². The van der Waals surface area contributed by atoms with Gasteiger partial charge >= 0.3 is 0 Å². The Hall–Kier alpha value is -2.64. The monoisotopic (exact) mass is 441 g/mol. The summed E-state index contributed by atoms with van der Waals surface area (Å²) < 4.78 is 6.27. The fraction of sp³-hybridized carbons (Fsp3) is 0.100. The molecule has 0 radical (unpaired) electrons. The maximum Gasteiger partial charge on any atom is 0.139 e. The molecule has 1 aliphatic heterocycles. The summed E-state index contributed by atoms with van der Waals surface area (Å²) in [5, 5.41) is 21.7. The van der Waals surface area contributed by atoms with Gasteiger partial charge in [0.2, 0.25) is 0 Å². The van der Waals surface area contributed by atoms with E-state index in [9.17, 15) is 5.11 Å². The summed E-state index contributed by atoms with van der Waals surface area (Å²) in [5.74, 6) is 1.09. The van der Waals surface area contributed by atoms with Crippen LogP contribution >= 0.6 is 27.3 Å². The molecule has 3 aromatic rings. The minimum atomic E-state index is 0.152. The number of benzene rings is 2. The lowest BCUT2D eigenvalue weighted by Gasteiger charge is -2.19. The van der Waals surface area contributed by atoms with Crippen molar-refractivity contribution in [2.24, 2.45) is 0 Å². The zero-order chi connectivity index (χ0) is 19.0. The number of aromatic nitrogens is 1. The van der Waals surface area contributed by atoms with Crippen LogP contribution in [0.1, 0.15) is 5.01 Å². The number of amidine groups is 1. The molecule has 4 rings (SSSR count). The molecule has 136 valence electrons. The summed E-state index contributed by atoms with van der Waals surface area (Å²) in [4.78, 5) is 6.39. The third kappa shape index (κ3) is 3.36. The van der Waals surface area contributed by atoms with E-state index in [2.05, 4.69) is 20.9 Å². The zero-order valence-electron chi connectivity index (χ0n) is 14.4. The van der Waals surface area contributed by atoms with Crippen LogP contribution in [0, 0.1) is 5.41 Å². The molecule has 0 fully saturated rings. The number of aliphatic hydroxyl groups is 1. The summed E-state index contributed by atoms with van der Waals surface area (Å²) in [6.45, 7) is 0.245. The van der Waals surface area contributed by atoms with Crippen molar-refractivity contribution in [3.05, 3.63) is 69.2 Å². The number of halogens is 1. The van der Waals surface area contributed by atoms with Crippen LogP contribution in [-0.4, -0.2) is 29.6 Å². The number of hydrogen-bond acceptors (Lipinski definition) is 5. The number of aliphatic hydroxyl groups excluding tert-OH is 1. The Morgan fingerprint density at radius 2 is 2.00 bits per heavy atom. The minimum absolute atomic E-state index is 0.152. The van der Waals surface area contributed by atoms with Crippen LogP contribution in [0.2, 0.25) is 0 Å². The van der Waals surface area contributed by atoms with Gasteiger partial charge in [0.1, 0.15) is 22.4 Å². The van der Waals surface area contributed by atoms with E-state index in [-0.39, 0.29) is 18.1 Å². The van der Waals surface area contributed by atoms with E-state index in [0.717, 1.165) is 21.4 Å². The first-order valence-electron chi connectivity index (χ1n) is 8.21. The first-order valence-corrected chi connectivity index (χ1v) is 9.88. The molecule has 0 amide bonds. The molecule has 0 bridgehead atoms. The van der Waals surface area contributed by atoms with Gasteiger partial charge in [-0.2, -0.15) is 0 Å². The molecule has 0 saturated heterocycles. The average molecular weight is 442 g/mol. The van der Waals surface area contributed by atoms with Gasteiger partial charge in [-0.3, -0.25) is 5.41 Å². The van der Waals surface area contributed by atoms with Crippen molar-refractivity contribution in [2.45, 2.75) is 0 Å². The summed E-state index contributed by atoms with van der Waals surface area (Å²) in [6, 6.07) is 15.4. The molecule has 1 aliphatic rings. The molecule has 0 spiro atoms.